The Hall–Kier alpha value is -2.80. The number of para-hydroxylation sites is 2. The highest BCUT2D eigenvalue weighted by Crippen LogP contribution is 2.27. The van der Waals surface area contributed by atoms with Crippen molar-refractivity contribution in [2.45, 2.75) is 19.8 Å². The summed E-state index contributed by atoms with van der Waals surface area (Å²) >= 11 is 0. The Morgan fingerprint density at radius 1 is 1.14 bits per heavy atom. The molecule has 0 spiro atoms. The Morgan fingerprint density at radius 2 is 1.86 bits per heavy atom. The van der Waals surface area contributed by atoms with Gasteiger partial charge in [0, 0.05) is 25.2 Å². The van der Waals surface area contributed by atoms with Gasteiger partial charge in [0.1, 0.15) is 5.82 Å². The maximum absolute atomic E-state index is 14.4. The van der Waals surface area contributed by atoms with Gasteiger partial charge < -0.3 is 24.4 Å². The van der Waals surface area contributed by atoms with E-state index in [1.807, 2.05) is 36.1 Å². The number of amides is 1. The van der Waals surface area contributed by atoms with E-state index in [1.54, 1.807) is 12.1 Å². The number of benzene rings is 2. The van der Waals surface area contributed by atoms with Crippen LogP contribution in [0.5, 0.6) is 11.5 Å². The van der Waals surface area contributed by atoms with E-state index in [-0.39, 0.29) is 18.1 Å². The normalized spacial score (nSPS) is 13.8. The Balaban J connectivity index is 1.44. The third kappa shape index (κ3) is 6.09. The zero-order valence-corrected chi connectivity index (χ0v) is 16.7. The second kappa shape index (κ2) is 10.7. The number of nitrogens with zero attached hydrogens (tertiary/aromatic N) is 1. The molecule has 0 saturated carbocycles. The Morgan fingerprint density at radius 3 is 2.55 bits per heavy atom. The molecule has 1 N–H and O–H groups in total. The van der Waals surface area contributed by atoms with Crippen molar-refractivity contribution >= 4 is 17.3 Å². The summed E-state index contributed by atoms with van der Waals surface area (Å²) in [6.07, 6.45) is 0.824. The van der Waals surface area contributed by atoms with Gasteiger partial charge in [0.05, 0.1) is 32.1 Å². The molecular formula is C22H27FN2O4. The number of morpholine rings is 1. The Bertz CT molecular complexity index is 809. The van der Waals surface area contributed by atoms with Crippen LogP contribution >= 0.6 is 0 Å². The highest BCUT2D eigenvalue weighted by atomic mass is 19.1. The van der Waals surface area contributed by atoms with E-state index in [4.69, 9.17) is 14.2 Å². The topological polar surface area (TPSA) is 60.0 Å². The molecule has 1 amide bonds. The minimum Gasteiger partial charge on any atom is -0.490 e. The van der Waals surface area contributed by atoms with Crippen LogP contribution in [0.15, 0.2) is 42.5 Å². The van der Waals surface area contributed by atoms with Gasteiger partial charge in [0.2, 0.25) is 5.91 Å². The molecule has 3 rings (SSSR count). The van der Waals surface area contributed by atoms with Crippen molar-refractivity contribution in [3.05, 3.63) is 48.3 Å². The molecule has 0 aromatic heterocycles. The van der Waals surface area contributed by atoms with Gasteiger partial charge in [-0.05, 0) is 43.7 Å². The zero-order valence-electron chi connectivity index (χ0n) is 16.7. The standard InChI is InChI=1S/C22H27FN2O4/c1-2-28-20-6-3-4-7-21(20)29-13-5-8-22(26)24-17-9-10-19(18(23)16-17)25-11-14-27-15-12-25/h3-4,6-7,9-10,16H,2,5,8,11-15H2,1H3,(H,24,26). The van der Waals surface area contributed by atoms with Crippen molar-refractivity contribution < 1.29 is 23.4 Å². The Kier molecular flexibility index (Phi) is 7.69. The lowest BCUT2D eigenvalue weighted by Crippen LogP contribution is -2.36. The van der Waals surface area contributed by atoms with E-state index in [9.17, 15) is 9.18 Å². The van der Waals surface area contributed by atoms with Crippen LogP contribution < -0.4 is 19.7 Å². The lowest BCUT2D eigenvalue weighted by atomic mass is 10.2. The molecule has 29 heavy (non-hydrogen) atoms. The van der Waals surface area contributed by atoms with E-state index < -0.39 is 0 Å². The summed E-state index contributed by atoms with van der Waals surface area (Å²) < 4.78 is 30.9. The molecule has 0 aliphatic carbocycles. The summed E-state index contributed by atoms with van der Waals surface area (Å²) in [4.78, 5) is 14.1. The van der Waals surface area contributed by atoms with Crippen LogP contribution in [0.1, 0.15) is 19.8 Å². The van der Waals surface area contributed by atoms with Crippen LogP contribution in [0, 0.1) is 5.82 Å². The number of rotatable bonds is 9. The molecule has 0 atom stereocenters. The molecule has 7 heteroatoms. The smallest absolute Gasteiger partial charge is 0.224 e. The molecule has 0 bridgehead atoms. The number of hydrogen-bond acceptors (Lipinski definition) is 5. The quantitative estimate of drug-likeness (QED) is 0.646. The molecular weight excluding hydrogens is 375 g/mol. The number of carbonyl (C=O) groups is 1. The second-order valence-electron chi connectivity index (χ2n) is 6.65. The monoisotopic (exact) mass is 402 g/mol. The van der Waals surface area contributed by atoms with Gasteiger partial charge >= 0.3 is 0 Å². The summed E-state index contributed by atoms with van der Waals surface area (Å²) in [5.41, 5.74) is 0.986. The molecule has 0 unspecified atom stereocenters. The van der Waals surface area contributed by atoms with E-state index in [0.29, 0.717) is 68.8 Å². The van der Waals surface area contributed by atoms with E-state index in [2.05, 4.69) is 5.32 Å². The predicted octanol–water partition coefficient (Wildman–Crippen LogP) is 3.86. The lowest BCUT2D eigenvalue weighted by molar-refractivity contribution is -0.116. The van der Waals surface area contributed by atoms with Crippen molar-refractivity contribution in [1.29, 1.82) is 0 Å². The SMILES string of the molecule is CCOc1ccccc1OCCCC(=O)Nc1ccc(N2CCOCC2)c(F)c1. The fourth-order valence-corrected chi connectivity index (χ4v) is 3.13. The number of hydrogen-bond donors (Lipinski definition) is 1. The maximum Gasteiger partial charge on any atom is 0.224 e. The number of ether oxygens (including phenoxy) is 3. The minimum atomic E-state index is -0.347. The van der Waals surface area contributed by atoms with Gasteiger partial charge in [0.15, 0.2) is 11.5 Å². The van der Waals surface area contributed by atoms with Crippen LogP contribution in [0.2, 0.25) is 0 Å². The first kappa shape index (κ1) is 20.9. The van der Waals surface area contributed by atoms with Crippen LogP contribution in [-0.2, 0) is 9.53 Å². The molecule has 2 aromatic carbocycles. The largest absolute Gasteiger partial charge is 0.490 e. The average Bonchev–Trinajstić information content (AvgIpc) is 2.73. The molecule has 156 valence electrons. The number of anilines is 2. The van der Waals surface area contributed by atoms with E-state index in [0.717, 1.165) is 0 Å². The first-order valence-electron chi connectivity index (χ1n) is 9.94. The fourth-order valence-electron chi connectivity index (χ4n) is 3.13. The van der Waals surface area contributed by atoms with E-state index >= 15 is 0 Å². The third-order valence-corrected chi connectivity index (χ3v) is 4.54. The minimum absolute atomic E-state index is 0.176. The van der Waals surface area contributed by atoms with Crippen molar-refractivity contribution in [2.24, 2.45) is 0 Å². The van der Waals surface area contributed by atoms with Crippen LogP contribution in [0.3, 0.4) is 0 Å². The highest BCUT2D eigenvalue weighted by molar-refractivity contribution is 5.90. The number of halogens is 1. The number of carbonyl (C=O) groups excluding carboxylic acids is 1. The first-order valence-corrected chi connectivity index (χ1v) is 9.94. The Labute approximate surface area is 170 Å². The van der Waals surface area contributed by atoms with Gasteiger partial charge in [-0.25, -0.2) is 4.39 Å². The molecule has 2 aromatic rings. The van der Waals surface area contributed by atoms with Crippen LogP contribution in [0.25, 0.3) is 0 Å². The van der Waals surface area contributed by atoms with Crippen LogP contribution in [0.4, 0.5) is 15.8 Å². The van der Waals surface area contributed by atoms with Gasteiger partial charge in [-0.3, -0.25) is 4.79 Å². The molecule has 1 saturated heterocycles. The second-order valence-corrected chi connectivity index (χ2v) is 6.65. The summed E-state index contributed by atoms with van der Waals surface area (Å²) in [7, 11) is 0. The lowest BCUT2D eigenvalue weighted by Gasteiger charge is -2.29. The van der Waals surface area contributed by atoms with Gasteiger partial charge in [-0.15, -0.1) is 0 Å². The van der Waals surface area contributed by atoms with E-state index in [1.165, 1.54) is 6.07 Å². The third-order valence-electron chi connectivity index (χ3n) is 4.54. The van der Waals surface area contributed by atoms with Gasteiger partial charge in [-0.1, -0.05) is 12.1 Å². The molecule has 1 aliphatic rings. The first-order chi connectivity index (χ1) is 14.2. The van der Waals surface area contributed by atoms with Crippen molar-refractivity contribution in [3.63, 3.8) is 0 Å². The number of nitrogens with one attached hydrogen (secondary N) is 1. The summed E-state index contributed by atoms with van der Waals surface area (Å²) in [5.74, 6) is 0.830. The average molecular weight is 402 g/mol. The van der Waals surface area contributed by atoms with Crippen molar-refractivity contribution in [1.82, 2.24) is 0 Å². The summed E-state index contributed by atoms with van der Waals surface area (Å²) in [5, 5.41) is 2.74. The maximum atomic E-state index is 14.4. The molecule has 1 aliphatic heterocycles. The van der Waals surface area contributed by atoms with Crippen molar-refractivity contribution in [3.8, 4) is 11.5 Å². The zero-order chi connectivity index (χ0) is 20.5. The highest BCUT2D eigenvalue weighted by Gasteiger charge is 2.15. The predicted molar refractivity (Wildman–Crippen MR) is 110 cm³/mol. The molecule has 6 nitrogen and oxygen atoms in total. The van der Waals surface area contributed by atoms with Crippen molar-refractivity contribution in [2.75, 3.05) is 49.7 Å². The van der Waals surface area contributed by atoms with Crippen LogP contribution in [-0.4, -0.2) is 45.4 Å². The summed E-state index contributed by atoms with van der Waals surface area (Å²) in [6.45, 7) is 5.37. The fraction of sp³-hybridized carbons (Fsp3) is 0.409. The summed E-state index contributed by atoms with van der Waals surface area (Å²) in [6, 6.07) is 12.2. The van der Waals surface area contributed by atoms with Gasteiger partial charge in [-0.2, -0.15) is 0 Å². The van der Waals surface area contributed by atoms with Gasteiger partial charge in [0.25, 0.3) is 0 Å². The molecule has 0 radical (unpaired) electrons. The molecule has 1 fully saturated rings. The molecule has 1 heterocycles.